The number of hydrogen-bond acceptors (Lipinski definition) is 6. The Morgan fingerprint density at radius 1 is 0.906 bits per heavy atom. The predicted molar refractivity (Wildman–Crippen MR) is 128 cm³/mol. The van der Waals surface area contributed by atoms with E-state index in [1.807, 2.05) is 85.8 Å². The normalized spacial score (nSPS) is 10.5. The Morgan fingerprint density at radius 3 is 2.47 bits per heavy atom. The van der Waals surface area contributed by atoms with E-state index in [0.29, 0.717) is 12.4 Å². The van der Waals surface area contributed by atoms with Crippen LogP contribution >= 0.6 is 12.4 Å². The highest BCUT2D eigenvalue weighted by Gasteiger charge is 2.10. The number of fused-ring (bicyclic) bond motifs is 1. The van der Waals surface area contributed by atoms with Gasteiger partial charge in [-0.3, -0.25) is 0 Å². The molecule has 3 aromatic carbocycles. The average Bonchev–Trinajstić information content (AvgIpc) is 3.25. The van der Waals surface area contributed by atoms with Crippen molar-refractivity contribution in [2.75, 3.05) is 5.32 Å². The molecule has 0 saturated heterocycles. The van der Waals surface area contributed by atoms with Gasteiger partial charge in [0.1, 0.15) is 24.5 Å². The van der Waals surface area contributed by atoms with Gasteiger partial charge in [-0.25, -0.2) is 9.97 Å². The second kappa shape index (κ2) is 9.49. The van der Waals surface area contributed by atoms with Gasteiger partial charge in [0.25, 0.3) is 0 Å². The fraction of sp³-hybridized carbons (Fsp3) is 0.0800. The number of nitrogens with zero attached hydrogens (tertiary/aromatic N) is 3. The third-order valence-electron chi connectivity index (χ3n) is 4.91. The first-order valence-electron chi connectivity index (χ1n) is 9.97. The van der Waals surface area contributed by atoms with Crippen LogP contribution in [0.15, 0.2) is 89.7 Å². The number of hydrogen-bond donors (Lipinski definition) is 1. The zero-order valence-corrected chi connectivity index (χ0v) is 18.2. The van der Waals surface area contributed by atoms with Gasteiger partial charge >= 0.3 is 0 Å². The molecule has 0 fully saturated rings. The Balaban J connectivity index is 0.00000245. The van der Waals surface area contributed by atoms with Crippen LogP contribution in [0.25, 0.3) is 22.2 Å². The zero-order valence-electron chi connectivity index (χ0n) is 17.4. The number of nitrogens with one attached hydrogen (secondary N) is 1. The molecule has 5 rings (SSSR count). The molecule has 0 radical (unpaired) electrons. The number of aromatic nitrogens is 3. The molecule has 0 saturated carbocycles. The van der Waals surface area contributed by atoms with Gasteiger partial charge < -0.3 is 14.6 Å². The first kappa shape index (κ1) is 21.3. The van der Waals surface area contributed by atoms with E-state index in [2.05, 4.69) is 20.4 Å². The molecule has 2 heterocycles. The first-order chi connectivity index (χ1) is 15.2. The summed E-state index contributed by atoms with van der Waals surface area (Å²) in [5.41, 5.74) is 4.66. The third-order valence-corrected chi connectivity index (χ3v) is 4.91. The van der Waals surface area contributed by atoms with E-state index in [0.717, 1.165) is 45.0 Å². The lowest BCUT2D eigenvalue weighted by atomic mass is 10.1. The third kappa shape index (κ3) is 4.71. The van der Waals surface area contributed by atoms with Crippen LogP contribution < -0.4 is 10.1 Å². The summed E-state index contributed by atoms with van der Waals surface area (Å²) in [4.78, 5) is 8.81. The summed E-state index contributed by atoms with van der Waals surface area (Å²) >= 11 is 0. The molecule has 2 aromatic heterocycles. The number of ether oxygens (including phenoxy) is 1. The number of benzene rings is 3. The number of anilines is 2. The van der Waals surface area contributed by atoms with E-state index < -0.39 is 0 Å². The van der Waals surface area contributed by atoms with Crippen molar-refractivity contribution in [3.8, 4) is 17.1 Å². The summed E-state index contributed by atoms with van der Waals surface area (Å²) in [6, 6.07) is 25.8. The van der Waals surface area contributed by atoms with Gasteiger partial charge in [-0.1, -0.05) is 35.5 Å². The van der Waals surface area contributed by atoms with E-state index in [1.54, 1.807) is 6.33 Å². The van der Waals surface area contributed by atoms with Crippen molar-refractivity contribution < 1.29 is 9.26 Å². The summed E-state index contributed by atoms with van der Waals surface area (Å²) < 4.78 is 11.3. The van der Waals surface area contributed by atoms with E-state index in [9.17, 15) is 0 Å². The second-order valence-electron chi connectivity index (χ2n) is 7.21. The topological polar surface area (TPSA) is 73.1 Å². The molecule has 6 nitrogen and oxygen atoms in total. The summed E-state index contributed by atoms with van der Waals surface area (Å²) in [5.74, 6) is 2.25. The van der Waals surface area contributed by atoms with E-state index in [4.69, 9.17) is 9.26 Å². The van der Waals surface area contributed by atoms with Crippen molar-refractivity contribution in [3.63, 3.8) is 0 Å². The summed E-state index contributed by atoms with van der Waals surface area (Å²) in [6.45, 7) is 2.44. The largest absolute Gasteiger partial charge is 0.489 e. The molecule has 0 aliphatic heterocycles. The van der Waals surface area contributed by atoms with Crippen molar-refractivity contribution in [3.05, 3.63) is 96.4 Å². The number of halogens is 1. The number of rotatable bonds is 6. The second-order valence-corrected chi connectivity index (χ2v) is 7.21. The Labute approximate surface area is 191 Å². The molecule has 1 N–H and O–H groups in total. The lowest BCUT2D eigenvalue weighted by Crippen LogP contribution is -1.97. The minimum absolute atomic E-state index is 0. The SMILES string of the molecule is Cc1cc(-c2ccc3ncnc(Nc4ccc(OCc5ccccc5)cc4)c3c2)on1.Cl. The van der Waals surface area contributed by atoms with Crippen molar-refractivity contribution in [2.45, 2.75) is 13.5 Å². The quantitative estimate of drug-likeness (QED) is 0.329. The molecular weight excluding hydrogens is 424 g/mol. The van der Waals surface area contributed by atoms with Crippen LogP contribution in [0.4, 0.5) is 11.5 Å². The van der Waals surface area contributed by atoms with E-state index >= 15 is 0 Å². The van der Waals surface area contributed by atoms with Gasteiger partial charge in [0.05, 0.1) is 11.2 Å². The molecule has 5 aromatic rings. The van der Waals surface area contributed by atoms with E-state index in [1.165, 1.54) is 0 Å². The van der Waals surface area contributed by atoms with Crippen LogP contribution in [0.5, 0.6) is 5.75 Å². The molecule has 0 bridgehead atoms. The maximum atomic E-state index is 5.86. The molecule has 0 spiro atoms. The van der Waals surface area contributed by atoms with Crippen molar-refractivity contribution in [1.29, 1.82) is 0 Å². The maximum absolute atomic E-state index is 5.86. The molecule has 7 heteroatoms. The van der Waals surface area contributed by atoms with Crippen LogP contribution in [-0.4, -0.2) is 15.1 Å². The van der Waals surface area contributed by atoms with Crippen LogP contribution in [-0.2, 0) is 6.61 Å². The Hall–Kier alpha value is -3.90. The van der Waals surface area contributed by atoms with Crippen LogP contribution in [0.1, 0.15) is 11.3 Å². The summed E-state index contributed by atoms with van der Waals surface area (Å²) in [5, 5.41) is 8.25. The molecule has 0 amide bonds. The maximum Gasteiger partial charge on any atom is 0.167 e. The van der Waals surface area contributed by atoms with Gasteiger partial charge in [0.15, 0.2) is 5.76 Å². The van der Waals surface area contributed by atoms with Crippen LogP contribution in [0.2, 0.25) is 0 Å². The van der Waals surface area contributed by atoms with E-state index in [-0.39, 0.29) is 12.4 Å². The fourth-order valence-electron chi connectivity index (χ4n) is 3.32. The number of aryl methyl sites for hydroxylation is 1. The van der Waals surface area contributed by atoms with Crippen LogP contribution in [0, 0.1) is 6.92 Å². The lowest BCUT2D eigenvalue weighted by molar-refractivity contribution is 0.306. The minimum atomic E-state index is 0. The molecule has 160 valence electrons. The molecular formula is C25H21ClN4O2. The molecule has 0 atom stereocenters. The monoisotopic (exact) mass is 444 g/mol. The fourth-order valence-corrected chi connectivity index (χ4v) is 3.32. The van der Waals surface area contributed by atoms with Gasteiger partial charge in [-0.2, -0.15) is 0 Å². The highest BCUT2D eigenvalue weighted by molar-refractivity contribution is 5.93. The molecule has 0 aliphatic carbocycles. The lowest BCUT2D eigenvalue weighted by Gasteiger charge is -2.10. The van der Waals surface area contributed by atoms with Gasteiger partial charge in [0, 0.05) is 22.7 Å². The van der Waals surface area contributed by atoms with Crippen molar-refractivity contribution in [1.82, 2.24) is 15.1 Å². The van der Waals surface area contributed by atoms with Gasteiger partial charge in [-0.05, 0) is 55.0 Å². The highest BCUT2D eigenvalue weighted by atomic mass is 35.5. The predicted octanol–water partition coefficient (Wildman–Crippen LogP) is 6.34. The first-order valence-corrected chi connectivity index (χ1v) is 9.97. The Morgan fingerprint density at radius 2 is 1.72 bits per heavy atom. The molecule has 0 unspecified atom stereocenters. The Kier molecular flexibility index (Phi) is 6.33. The molecule has 32 heavy (non-hydrogen) atoms. The average molecular weight is 445 g/mol. The highest BCUT2D eigenvalue weighted by Crippen LogP contribution is 2.29. The van der Waals surface area contributed by atoms with Gasteiger partial charge in [0.2, 0.25) is 0 Å². The molecule has 0 aliphatic rings. The van der Waals surface area contributed by atoms with Crippen LogP contribution in [0.3, 0.4) is 0 Å². The Bertz CT molecular complexity index is 1320. The summed E-state index contributed by atoms with van der Waals surface area (Å²) in [7, 11) is 0. The minimum Gasteiger partial charge on any atom is -0.489 e. The summed E-state index contributed by atoms with van der Waals surface area (Å²) in [6.07, 6.45) is 1.56. The smallest absolute Gasteiger partial charge is 0.167 e. The van der Waals surface area contributed by atoms with Crippen molar-refractivity contribution in [2.24, 2.45) is 0 Å². The van der Waals surface area contributed by atoms with Crippen molar-refractivity contribution >= 4 is 34.8 Å². The van der Waals surface area contributed by atoms with Gasteiger partial charge in [-0.15, -0.1) is 12.4 Å². The zero-order chi connectivity index (χ0) is 21.0. The standard InChI is InChI=1S/C25H20N4O2.ClH/c1-17-13-24(31-29-17)19-7-12-23-22(14-19)25(27-16-26-23)28-20-8-10-21(11-9-20)30-15-18-5-3-2-4-6-18;/h2-14,16H,15H2,1H3,(H,26,27,28);1H.